The zero-order valence-electron chi connectivity index (χ0n) is 10.4. The van der Waals surface area contributed by atoms with Gasteiger partial charge >= 0.3 is 0 Å². The normalized spacial score (nSPS) is 31.1. The summed E-state index contributed by atoms with van der Waals surface area (Å²) in [6.45, 7) is 2.09. The third-order valence-electron chi connectivity index (χ3n) is 4.27. The number of nitrogens with one attached hydrogen (secondary N) is 1. The first-order chi connectivity index (χ1) is 8.72. The summed E-state index contributed by atoms with van der Waals surface area (Å²) in [6, 6.07) is 5.97. The first-order valence-corrected chi connectivity index (χ1v) is 6.73. The highest BCUT2D eigenvalue weighted by Crippen LogP contribution is 2.36. The number of piperidine rings is 1. The number of fused-ring (bicyclic) bond motifs is 2. The minimum absolute atomic E-state index is 0.140. The Hall–Kier alpha value is -1.22. The summed E-state index contributed by atoms with van der Waals surface area (Å²) in [5.74, 6) is 1.35. The number of benzene rings is 1. The van der Waals surface area contributed by atoms with Crippen LogP contribution < -0.4 is 5.32 Å². The Morgan fingerprint density at radius 1 is 1.06 bits per heavy atom. The molecule has 18 heavy (non-hydrogen) atoms. The smallest absolute Gasteiger partial charge is 0.165 e. The Balaban J connectivity index is 1.74. The lowest BCUT2D eigenvalue weighted by Crippen LogP contribution is -2.43. The van der Waals surface area contributed by atoms with Gasteiger partial charge in [-0.1, -0.05) is 0 Å². The molecule has 0 aromatic heterocycles. The molecule has 1 aliphatic heterocycles. The van der Waals surface area contributed by atoms with Crippen LogP contribution in [0.1, 0.15) is 29.6 Å². The van der Waals surface area contributed by atoms with Gasteiger partial charge in [-0.15, -0.1) is 0 Å². The Morgan fingerprint density at radius 2 is 1.67 bits per heavy atom. The number of hydrogen-bond acceptors (Lipinski definition) is 2. The van der Waals surface area contributed by atoms with Gasteiger partial charge in [0.05, 0.1) is 0 Å². The number of carbonyl (C=O) groups is 1. The maximum absolute atomic E-state index is 12.9. The van der Waals surface area contributed by atoms with Crippen LogP contribution in [0.4, 0.5) is 4.39 Å². The van der Waals surface area contributed by atoms with Crippen molar-refractivity contribution in [2.24, 2.45) is 17.8 Å². The molecule has 1 aromatic carbocycles. The van der Waals surface area contributed by atoms with Crippen molar-refractivity contribution in [1.82, 2.24) is 5.32 Å². The zero-order valence-corrected chi connectivity index (χ0v) is 10.4. The van der Waals surface area contributed by atoms with Crippen molar-refractivity contribution >= 4 is 5.78 Å². The first-order valence-electron chi connectivity index (χ1n) is 6.73. The van der Waals surface area contributed by atoms with E-state index >= 15 is 0 Å². The van der Waals surface area contributed by atoms with Crippen LogP contribution in [0, 0.1) is 23.6 Å². The third-order valence-corrected chi connectivity index (χ3v) is 4.27. The first kappa shape index (κ1) is 11.8. The van der Waals surface area contributed by atoms with E-state index in [1.54, 1.807) is 12.1 Å². The molecule has 2 atom stereocenters. The van der Waals surface area contributed by atoms with Crippen molar-refractivity contribution in [1.29, 1.82) is 0 Å². The molecule has 1 heterocycles. The predicted octanol–water partition coefficient (Wildman–Crippen LogP) is 2.64. The van der Waals surface area contributed by atoms with E-state index in [9.17, 15) is 9.18 Å². The summed E-state index contributed by atoms with van der Waals surface area (Å²) in [6.07, 6.45) is 3.24. The summed E-state index contributed by atoms with van der Waals surface area (Å²) in [7, 11) is 0. The number of ketones is 1. The minimum atomic E-state index is -0.281. The zero-order chi connectivity index (χ0) is 12.5. The van der Waals surface area contributed by atoms with E-state index in [0.717, 1.165) is 25.9 Å². The molecule has 96 valence electrons. The summed E-state index contributed by atoms with van der Waals surface area (Å²) in [5, 5.41) is 3.43. The lowest BCUT2D eigenvalue weighted by Gasteiger charge is -2.38. The van der Waals surface area contributed by atoms with Crippen molar-refractivity contribution < 1.29 is 9.18 Å². The summed E-state index contributed by atoms with van der Waals surface area (Å²) >= 11 is 0. The van der Waals surface area contributed by atoms with Gasteiger partial charge in [0.2, 0.25) is 0 Å². The van der Waals surface area contributed by atoms with E-state index in [0.29, 0.717) is 17.4 Å². The van der Waals surface area contributed by atoms with Crippen LogP contribution in [0.5, 0.6) is 0 Å². The molecule has 2 unspecified atom stereocenters. The van der Waals surface area contributed by atoms with Gasteiger partial charge in [-0.25, -0.2) is 4.39 Å². The maximum atomic E-state index is 12.9. The molecule has 2 fully saturated rings. The molecular weight excluding hydrogens is 229 g/mol. The lowest BCUT2D eigenvalue weighted by atomic mass is 9.71. The fraction of sp³-hybridized carbons (Fsp3) is 0.533. The highest BCUT2D eigenvalue weighted by atomic mass is 19.1. The van der Waals surface area contributed by atoms with Crippen LogP contribution >= 0.6 is 0 Å². The predicted molar refractivity (Wildman–Crippen MR) is 67.9 cm³/mol. The van der Waals surface area contributed by atoms with Gasteiger partial charge in [-0.05, 0) is 68.5 Å². The summed E-state index contributed by atoms with van der Waals surface area (Å²) in [5.41, 5.74) is 0.661. The van der Waals surface area contributed by atoms with Crippen molar-refractivity contribution in [3.63, 3.8) is 0 Å². The molecule has 3 heteroatoms. The van der Waals surface area contributed by atoms with E-state index < -0.39 is 0 Å². The van der Waals surface area contributed by atoms with Crippen molar-refractivity contribution in [3.05, 3.63) is 35.6 Å². The molecule has 0 amide bonds. The van der Waals surface area contributed by atoms with Crippen LogP contribution in [0.25, 0.3) is 0 Å². The van der Waals surface area contributed by atoms with Crippen LogP contribution in [0.2, 0.25) is 0 Å². The molecule has 3 rings (SSSR count). The summed E-state index contributed by atoms with van der Waals surface area (Å²) in [4.78, 5) is 12.4. The third kappa shape index (κ3) is 2.32. The number of hydrogen-bond donors (Lipinski definition) is 1. The average molecular weight is 247 g/mol. The second-order valence-electron chi connectivity index (χ2n) is 5.67. The van der Waals surface area contributed by atoms with Gasteiger partial charge in [0.25, 0.3) is 0 Å². The second kappa shape index (κ2) is 4.81. The van der Waals surface area contributed by atoms with Gasteiger partial charge in [0.1, 0.15) is 5.82 Å². The van der Waals surface area contributed by atoms with Gasteiger partial charge in [0, 0.05) is 11.5 Å². The topological polar surface area (TPSA) is 29.1 Å². The molecule has 0 spiro atoms. The Labute approximate surface area is 107 Å². The molecule has 2 nitrogen and oxygen atoms in total. The number of rotatable bonds is 2. The molecule has 1 saturated heterocycles. The van der Waals surface area contributed by atoms with Crippen molar-refractivity contribution in [2.45, 2.75) is 19.3 Å². The Bertz CT molecular complexity index is 430. The number of halogens is 1. The Kier molecular flexibility index (Phi) is 3.16. The summed E-state index contributed by atoms with van der Waals surface area (Å²) < 4.78 is 12.9. The van der Waals surface area contributed by atoms with Gasteiger partial charge in [-0.2, -0.15) is 0 Å². The molecule has 0 radical (unpaired) electrons. The standard InChI is InChI=1S/C15H18FNO/c16-14-3-1-12(2-4-14)15(18)13-6-10-5-11(7-13)9-17-8-10/h1-4,10-11,13,17H,5-9H2. The van der Waals surface area contributed by atoms with Gasteiger partial charge < -0.3 is 5.32 Å². The molecule has 1 aliphatic carbocycles. The van der Waals surface area contributed by atoms with Crippen molar-refractivity contribution in [2.75, 3.05) is 13.1 Å². The maximum Gasteiger partial charge on any atom is 0.165 e. The number of Topliss-reactive ketones (excluding diaryl/α,β-unsaturated/α-hetero) is 1. The highest BCUT2D eigenvalue weighted by Gasteiger charge is 2.35. The second-order valence-corrected chi connectivity index (χ2v) is 5.67. The molecule has 1 saturated carbocycles. The van der Waals surface area contributed by atoms with Crippen LogP contribution in [0.15, 0.2) is 24.3 Å². The number of carbonyl (C=O) groups excluding carboxylic acids is 1. The monoisotopic (exact) mass is 247 g/mol. The molecule has 2 bridgehead atoms. The minimum Gasteiger partial charge on any atom is -0.316 e. The van der Waals surface area contributed by atoms with E-state index in [4.69, 9.17) is 0 Å². The van der Waals surface area contributed by atoms with Crippen LogP contribution in [0.3, 0.4) is 0 Å². The van der Waals surface area contributed by atoms with E-state index in [-0.39, 0.29) is 17.5 Å². The van der Waals surface area contributed by atoms with Crippen molar-refractivity contribution in [3.8, 4) is 0 Å². The fourth-order valence-corrected chi connectivity index (χ4v) is 3.45. The molecule has 1 aromatic rings. The average Bonchev–Trinajstić information content (AvgIpc) is 2.38. The lowest BCUT2D eigenvalue weighted by molar-refractivity contribution is 0.0782. The molecule has 2 aliphatic rings. The Morgan fingerprint density at radius 3 is 2.28 bits per heavy atom. The van der Waals surface area contributed by atoms with E-state index in [1.165, 1.54) is 18.6 Å². The van der Waals surface area contributed by atoms with Gasteiger partial charge in [0.15, 0.2) is 5.78 Å². The van der Waals surface area contributed by atoms with Crippen LogP contribution in [-0.4, -0.2) is 18.9 Å². The van der Waals surface area contributed by atoms with Gasteiger partial charge in [-0.3, -0.25) is 4.79 Å². The van der Waals surface area contributed by atoms with E-state index in [2.05, 4.69) is 5.32 Å². The molecule has 1 N–H and O–H groups in total. The molecular formula is C15H18FNO. The quantitative estimate of drug-likeness (QED) is 0.814. The SMILES string of the molecule is O=C(c1ccc(F)cc1)C1CC2CNCC(C2)C1. The highest BCUT2D eigenvalue weighted by molar-refractivity contribution is 5.97. The largest absolute Gasteiger partial charge is 0.316 e. The fourth-order valence-electron chi connectivity index (χ4n) is 3.45. The van der Waals surface area contributed by atoms with E-state index in [1.807, 2.05) is 0 Å². The van der Waals surface area contributed by atoms with Crippen LogP contribution in [-0.2, 0) is 0 Å².